The summed E-state index contributed by atoms with van der Waals surface area (Å²) in [5, 5.41) is 8.82. The van der Waals surface area contributed by atoms with Gasteiger partial charge in [0.05, 0.1) is 0 Å². The van der Waals surface area contributed by atoms with Crippen LogP contribution in [-0.2, 0) is 4.79 Å². The Bertz CT molecular complexity index is 289. The topological polar surface area (TPSA) is 37.3 Å². The molecule has 0 aromatic heterocycles. The lowest BCUT2D eigenvalue weighted by Gasteiger charge is -2.33. The van der Waals surface area contributed by atoms with Crippen molar-refractivity contribution in [3.63, 3.8) is 0 Å². The van der Waals surface area contributed by atoms with Crippen molar-refractivity contribution < 1.29 is 9.90 Å². The molecule has 78 valence electrons. The normalized spacial score (nSPS) is 29.0. The second-order valence-electron chi connectivity index (χ2n) is 4.36. The minimum atomic E-state index is -0.829. The van der Waals surface area contributed by atoms with Crippen LogP contribution in [0.15, 0.2) is 23.8 Å². The Labute approximate surface area is 85.3 Å². The number of allylic oxidation sites excluding steroid dienone is 2. The molecular weight excluding hydrogens is 176 g/mol. The molecule has 0 amide bonds. The Morgan fingerprint density at radius 2 is 2.21 bits per heavy atom. The summed E-state index contributed by atoms with van der Waals surface area (Å²) in [6.45, 7) is 7.77. The van der Waals surface area contributed by atoms with Crippen LogP contribution in [0.3, 0.4) is 0 Å². The molecule has 0 aliphatic heterocycles. The third-order valence-electron chi connectivity index (χ3n) is 3.10. The highest BCUT2D eigenvalue weighted by Crippen LogP contribution is 2.41. The molecular formula is C12H18O2. The van der Waals surface area contributed by atoms with Gasteiger partial charge in [0.2, 0.25) is 0 Å². The monoisotopic (exact) mass is 194 g/mol. The molecule has 0 aromatic carbocycles. The standard InChI is InChI=1S/C12H18O2/c1-9(11(13)14)8-12(3)7-5-4-6-10(12)2/h8H,2,4-7H2,1,3H3,(H,13,14). The number of carbonyl (C=O) groups is 1. The molecule has 1 aliphatic rings. The van der Waals surface area contributed by atoms with Gasteiger partial charge in [-0.15, -0.1) is 0 Å². The third-order valence-corrected chi connectivity index (χ3v) is 3.10. The molecule has 1 saturated carbocycles. The van der Waals surface area contributed by atoms with Crippen LogP contribution in [-0.4, -0.2) is 11.1 Å². The molecule has 14 heavy (non-hydrogen) atoms. The third kappa shape index (κ3) is 2.25. The molecule has 0 aromatic rings. The molecule has 0 spiro atoms. The van der Waals surface area contributed by atoms with Crippen LogP contribution in [0.5, 0.6) is 0 Å². The van der Waals surface area contributed by atoms with Gasteiger partial charge in [0.1, 0.15) is 0 Å². The van der Waals surface area contributed by atoms with Gasteiger partial charge in [-0.2, -0.15) is 0 Å². The van der Waals surface area contributed by atoms with E-state index in [1.807, 2.05) is 6.08 Å². The maximum atomic E-state index is 10.7. The van der Waals surface area contributed by atoms with E-state index in [0.717, 1.165) is 12.8 Å². The fourth-order valence-electron chi connectivity index (χ4n) is 2.01. The van der Waals surface area contributed by atoms with Crippen molar-refractivity contribution in [2.45, 2.75) is 39.5 Å². The van der Waals surface area contributed by atoms with E-state index < -0.39 is 5.97 Å². The van der Waals surface area contributed by atoms with Crippen molar-refractivity contribution in [2.75, 3.05) is 0 Å². The van der Waals surface area contributed by atoms with E-state index in [4.69, 9.17) is 5.11 Å². The summed E-state index contributed by atoms with van der Waals surface area (Å²) in [6, 6.07) is 0. The predicted molar refractivity (Wildman–Crippen MR) is 57.1 cm³/mol. The average Bonchev–Trinajstić information content (AvgIpc) is 2.10. The first-order valence-corrected chi connectivity index (χ1v) is 5.07. The van der Waals surface area contributed by atoms with Crippen LogP contribution in [0.25, 0.3) is 0 Å². The Balaban J connectivity index is 2.88. The molecule has 0 heterocycles. The van der Waals surface area contributed by atoms with Gasteiger partial charge < -0.3 is 5.11 Å². The van der Waals surface area contributed by atoms with Gasteiger partial charge in [-0.05, 0) is 26.2 Å². The van der Waals surface area contributed by atoms with E-state index in [1.165, 1.54) is 18.4 Å². The predicted octanol–water partition coefficient (Wildman–Crippen LogP) is 3.15. The van der Waals surface area contributed by atoms with E-state index in [1.54, 1.807) is 6.92 Å². The number of rotatable bonds is 2. The van der Waals surface area contributed by atoms with Crippen LogP contribution >= 0.6 is 0 Å². The van der Waals surface area contributed by atoms with E-state index in [9.17, 15) is 4.79 Å². The van der Waals surface area contributed by atoms with Crippen molar-refractivity contribution in [2.24, 2.45) is 5.41 Å². The first-order valence-electron chi connectivity index (χ1n) is 5.07. The number of hydrogen-bond donors (Lipinski definition) is 1. The van der Waals surface area contributed by atoms with Crippen LogP contribution in [0, 0.1) is 5.41 Å². The minimum Gasteiger partial charge on any atom is -0.478 e. The van der Waals surface area contributed by atoms with Crippen molar-refractivity contribution in [3.05, 3.63) is 23.8 Å². The van der Waals surface area contributed by atoms with Crippen molar-refractivity contribution in [1.82, 2.24) is 0 Å². The van der Waals surface area contributed by atoms with Crippen LogP contribution in [0.2, 0.25) is 0 Å². The fourth-order valence-corrected chi connectivity index (χ4v) is 2.01. The first kappa shape index (κ1) is 11.0. The molecule has 1 N–H and O–H groups in total. The SMILES string of the molecule is C=C1CCCCC1(C)C=C(C)C(=O)O. The van der Waals surface area contributed by atoms with Crippen LogP contribution in [0.1, 0.15) is 39.5 Å². The molecule has 2 heteroatoms. The van der Waals surface area contributed by atoms with Crippen LogP contribution < -0.4 is 0 Å². The summed E-state index contributed by atoms with van der Waals surface area (Å²) < 4.78 is 0. The summed E-state index contributed by atoms with van der Waals surface area (Å²) in [4.78, 5) is 10.7. The summed E-state index contributed by atoms with van der Waals surface area (Å²) in [5.74, 6) is -0.829. The zero-order valence-corrected chi connectivity index (χ0v) is 8.97. The Hall–Kier alpha value is -1.05. The molecule has 0 saturated heterocycles. The zero-order valence-electron chi connectivity index (χ0n) is 8.97. The van der Waals surface area contributed by atoms with E-state index in [-0.39, 0.29) is 5.41 Å². The van der Waals surface area contributed by atoms with Crippen molar-refractivity contribution in [3.8, 4) is 0 Å². The highest BCUT2D eigenvalue weighted by Gasteiger charge is 2.28. The van der Waals surface area contributed by atoms with Gasteiger partial charge in [0.15, 0.2) is 0 Å². The maximum absolute atomic E-state index is 10.7. The average molecular weight is 194 g/mol. The summed E-state index contributed by atoms with van der Waals surface area (Å²) >= 11 is 0. The van der Waals surface area contributed by atoms with Crippen LogP contribution in [0.4, 0.5) is 0 Å². The largest absolute Gasteiger partial charge is 0.478 e. The molecule has 1 rings (SSSR count). The minimum absolute atomic E-state index is 0.0965. The molecule has 1 unspecified atom stereocenters. The van der Waals surface area contributed by atoms with Gasteiger partial charge >= 0.3 is 5.97 Å². The quantitative estimate of drug-likeness (QED) is 0.541. The highest BCUT2D eigenvalue weighted by atomic mass is 16.4. The molecule has 0 bridgehead atoms. The number of hydrogen-bond acceptors (Lipinski definition) is 1. The smallest absolute Gasteiger partial charge is 0.330 e. The van der Waals surface area contributed by atoms with Gasteiger partial charge in [0, 0.05) is 11.0 Å². The van der Waals surface area contributed by atoms with Gasteiger partial charge in [-0.25, -0.2) is 4.79 Å². The van der Waals surface area contributed by atoms with Crippen molar-refractivity contribution >= 4 is 5.97 Å². The van der Waals surface area contributed by atoms with E-state index in [0.29, 0.717) is 5.57 Å². The Kier molecular flexibility index (Phi) is 3.14. The number of carboxylic acids is 1. The van der Waals surface area contributed by atoms with Gasteiger partial charge in [-0.3, -0.25) is 0 Å². The number of carboxylic acid groups (broad SMARTS) is 1. The van der Waals surface area contributed by atoms with Crippen molar-refractivity contribution in [1.29, 1.82) is 0 Å². The first-order chi connectivity index (χ1) is 6.46. The molecule has 1 aliphatic carbocycles. The van der Waals surface area contributed by atoms with E-state index >= 15 is 0 Å². The van der Waals surface area contributed by atoms with E-state index in [2.05, 4.69) is 13.5 Å². The molecule has 1 atom stereocenters. The maximum Gasteiger partial charge on any atom is 0.330 e. The van der Waals surface area contributed by atoms with Gasteiger partial charge in [-0.1, -0.05) is 31.6 Å². The summed E-state index contributed by atoms with van der Waals surface area (Å²) in [7, 11) is 0. The summed E-state index contributed by atoms with van der Waals surface area (Å²) in [6.07, 6.45) is 6.26. The lowest BCUT2D eigenvalue weighted by Crippen LogP contribution is -2.21. The Morgan fingerprint density at radius 1 is 1.57 bits per heavy atom. The van der Waals surface area contributed by atoms with Gasteiger partial charge in [0.25, 0.3) is 0 Å². The second-order valence-corrected chi connectivity index (χ2v) is 4.36. The second kappa shape index (κ2) is 3.99. The lowest BCUT2D eigenvalue weighted by atomic mass is 9.71. The Morgan fingerprint density at radius 3 is 2.71 bits per heavy atom. The molecule has 2 nitrogen and oxygen atoms in total. The molecule has 0 radical (unpaired) electrons. The number of aliphatic carboxylic acids is 1. The summed E-state index contributed by atoms with van der Waals surface area (Å²) in [5.41, 5.74) is 1.50. The molecule has 1 fully saturated rings. The lowest BCUT2D eigenvalue weighted by molar-refractivity contribution is -0.132. The highest BCUT2D eigenvalue weighted by molar-refractivity contribution is 5.86. The zero-order chi connectivity index (χ0) is 10.8. The fraction of sp³-hybridized carbons (Fsp3) is 0.583.